The van der Waals surface area contributed by atoms with Gasteiger partial charge in [-0.3, -0.25) is 4.79 Å². The number of hydrogen-bond donors (Lipinski definition) is 1. The van der Waals surface area contributed by atoms with Crippen LogP contribution in [0.5, 0.6) is 11.5 Å². The molecule has 0 atom stereocenters. The summed E-state index contributed by atoms with van der Waals surface area (Å²) in [6.07, 6.45) is 1.07. The van der Waals surface area contributed by atoms with Crippen molar-refractivity contribution < 1.29 is 14.3 Å². The van der Waals surface area contributed by atoms with Gasteiger partial charge in [0.15, 0.2) is 11.5 Å². The van der Waals surface area contributed by atoms with E-state index >= 15 is 0 Å². The van der Waals surface area contributed by atoms with E-state index in [4.69, 9.17) is 9.47 Å². The van der Waals surface area contributed by atoms with Crippen LogP contribution in [0.15, 0.2) is 23.6 Å². The SMILES string of the molecule is CCOc1ccc(CCNC(=O)Cc2csc(C(C)C)n2)cc1OCC. The molecular weight excluding hydrogens is 348 g/mol. The second kappa shape index (κ2) is 10.2. The van der Waals surface area contributed by atoms with Crippen LogP contribution in [-0.4, -0.2) is 30.6 Å². The molecule has 6 heteroatoms. The Kier molecular flexibility index (Phi) is 7.91. The molecule has 0 aliphatic carbocycles. The number of rotatable bonds is 10. The molecule has 0 saturated carbocycles. The molecule has 0 spiro atoms. The van der Waals surface area contributed by atoms with Crippen LogP contribution in [0.4, 0.5) is 0 Å². The molecule has 26 heavy (non-hydrogen) atoms. The molecule has 0 fully saturated rings. The lowest BCUT2D eigenvalue weighted by molar-refractivity contribution is -0.120. The van der Waals surface area contributed by atoms with Gasteiger partial charge in [-0.15, -0.1) is 11.3 Å². The van der Waals surface area contributed by atoms with E-state index in [-0.39, 0.29) is 5.91 Å². The average molecular weight is 377 g/mol. The van der Waals surface area contributed by atoms with Gasteiger partial charge in [-0.25, -0.2) is 4.98 Å². The molecule has 1 aromatic heterocycles. The Hall–Kier alpha value is -2.08. The van der Waals surface area contributed by atoms with Crippen molar-refractivity contribution in [1.29, 1.82) is 0 Å². The summed E-state index contributed by atoms with van der Waals surface area (Å²) in [6, 6.07) is 5.92. The minimum absolute atomic E-state index is 0.00146. The van der Waals surface area contributed by atoms with Crippen LogP contribution < -0.4 is 14.8 Å². The first-order chi connectivity index (χ1) is 12.5. The second-order valence-electron chi connectivity index (χ2n) is 6.26. The number of benzene rings is 1. The molecule has 0 bridgehead atoms. The molecule has 0 unspecified atom stereocenters. The zero-order valence-corrected chi connectivity index (χ0v) is 16.8. The third-order valence-electron chi connectivity index (χ3n) is 3.75. The Morgan fingerprint density at radius 1 is 1.19 bits per heavy atom. The summed E-state index contributed by atoms with van der Waals surface area (Å²) >= 11 is 1.61. The fourth-order valence-electron chi connectivity index (χ4n) is 2.49. The quantitative estimate of drug-likeness (QED) is 0.682. The molecule has 2 aromatic rings. The highest BCUT2D eigenvalue weighted by Crippen LogP contribution is 2.28. The zero-order valence-electron chi connectivity index (χ0n) is 16.0. The van der Waals surface area contributed by atoms with E-state index < -0.39 is 0 Å². The highest BCUT2D eigenvalue weighted by molar-refractivity contribution is 7.09. The van der Waals surface area contributed by atoms with E-state index in [1.165, 1.54) is 0 Å². The van der Waals surface area contributed by atoms with E-state index in [1.807, 2.05) is 37.4 Å². The van der Waals surface area contributed by atoms with E-state index in [2.05, 4.69) is 24.1 Å². The number of nitrogens with zero attached hydrogens (tertiary/aromatic N) is 1. The maximum atomic E-state index is 12.1. The Labute approximate surface area is 159 Å². The van der Waals surface area contributed by atoms with Gasteiger partial charge in [0.05, 0.1) is 30.3 Å². The van der Waals surface area contributed by atoms with Crippen LogP contribution in [0.3, 0.4) is 0 Å². The summed E-state index contributed by atoms with van der Waals surface area (Å²) in [4.78, 5) is 16.6. The summed E-state index contributed by atoms with van der Waals surface area (Å²) in [7, 11) is 0. The van der Waals surface area contributed by atoms with Gasteiger partial charge in [0.25, 0.3) is 0 Å². The monoisotopic (exact) mass is 376 g/mol. The minimum atomic E-state index is 0.00146. The number of carbonyl (C=O) groups excluding carboxylic acids is 1. The van der Waals surface area contributed by atoms with Gasteiger partial charge < -0.3 is 14.8 Å². The Morgan fingerprint density at radius 2 is 1.92 bits per heavy atom. The molecule has 1 amide bonds. The molecule has 1 N–H and O–H groups in total. The van der Waals surface area contributed by atoms with E-state index in [9.17, 15) is 4.79 Å². The standard InChI is InChI=1S/C20H28N2O3S/c1-5-24-17-8-7-15(11-18(17)25-6-2)9-10-21-19(23)12-16-13-26-20(22-16)14(3)4/h7-8,11,13-14H,5-6,9-10,12H2,1-4H3,(H,21,23). The third-order valence-corrected chi connectivity index (χ3v) is 4.94. The Balaban J connectivity index is 1.84. The normalized spacial score (nSPS) is 10.8. The van der Waals surface area contributed by atoms with Crippen molar-refractivity contribution in [2.75, 3.05) is 19.8 Å². The van der Waals surface area contributed by atoms with E-state index in [1.54, 1.807) is 11.3 Å². The van der Waals surface area contributed by atoms with Crippen LogP contribution in [0.2, 0.25) is 0 Å². The van der Waals surface area contributed by atoms with Crippen molar-refractivity contribution in [2.45, 2.75) is 46.5 Å². The number of thiazole rings is 1. The highest BCUT2D eigenvalue weighted by Gasteiger charge is 2.10. The molecule has 142 valence electrons. The smallest absolute Gasteiger partial charge is 0.226 e. The lowest BCUT2D eigenvalue weighted by Crippen LogP contribution is -2.27. The fraction of sp³-hybridized carbons (Fsp3) is 0.500. The molecule has 0 saturated heterocycles. The van der Waals surface area contributed by atoms with Crippen LogP contribution in [-0.2, 0) is 17.6 Å². The van der Waals surface area contributed by atoms with Crippen molar-refractivity contribution in [3.8, 4) is 11.5 Å². The highest BCUT2D eigenvalue weighted by atomic mass is 32.1. The minimum Gasteiger partial charge on any atom is -0.490 e. The molecule has 0 aliphatic heterocycles. The lowest BCUT2D eigenvalue weighted by atomic mass is 10.1. The molecule has 0 radical (unpaired) electrons. The average Bonchev–Trinajstić information content (AvgIpc) is 3.06. The summed E-state index contributed by atoms with van der Waals surface area (Å²) < 4.78 is 11.2. The maximum Gasteiger partial charge on any atom is 0.226 e. The second-order valence-corrected chi connectivity index (χ2v) is 7.15. The summed E-state index contributed by atoms with van der Waals surface area (Å²) in [6.45, 7) is 9.89. The zero-order chi connectivity index (χ0) is 18.9. The Morgan fingerprint density at radius 3 is 2.58 bits per heavy atom. The maximum absolute atomic E-state index is 12.1. The summed E-state index contributed by atoms with van der Waals surface area (Å²) in [5, 5.41) is 6.01. The number of ether oxygens (including phenoxy) is 2. The number of amides is 1. The Bertz CT molecular complexity index is 713. The predicted molar refractivity (Wildman–Crippen MR) is 105 cm³/mol. The topological polar surface area (TPSA) is 60.5 Å². The van der Waals surface area contributed by atoms with Gasteiger partial charge >= 0.3 is 0 Å². The van der Waals surface area contributed by atoms with Gasteiger partial charge in [-0.1, -0.05) is 19.9 Å². The van der Waals surface area contributed by atoms with Gasteiger partial charge in [0.2, 0.25) is 5.91 Å². The first kappa shape index (κ1) is 20.2. The van der Waals surface area contributed by atoms with Crippen LogP contribution in [0.1, 0.15) is 49.9 Å². The van der Waals surface area contributed by atoms with Crippen molar-refractivity contribution in [3.05, 3.63) is 39.8 Å². The van der Waals surface area contributed by atoms with Gasteiger partial charge in [0.1, 0.15) is 0 Å². The van der Waals surface area contributed by atoms with Crippen molar-refractivity contribution in [3.63, 3.8) is 0 Å². The van der Waals surface area contributed by atoms with Crippen molar-refractivity contribution in [1.82, 2.24) is 10.3 Å². The van der Waals surface area contributed by atoms with Crippen molar-refractivity contribution in [2.24, 2.45) is 0 Å². The lowest BCUT2D eigenvalue weighted by Gasteiger charge is -2.12. The molecule has 1 heterocycles. The summed E-state index contributed by atoms with van der Waals surface area (Å²) in [5.74, 6) is 1.91. The largest absolute Gasteiger partial charge is 0.490 e. The van der Waals surface area contributed by atoms with Gasteiger partial charge in [-0.05, 0) is 38.0 Å². The van der Waals surface area contributed by atoms with Crippen LogP contribution >= 0.6 is 11.3 Å². The fourth-order valence-corrected chi connectivity index (χ4v) is 3.33. The number of hydrogen-bond acceptors (Lipinski definition) is 5. The first-order valence-electron chi connectivity index (χ1n) is 9.13. The van der Waals surface area contributed by atoms with Gasteiger partial charge in [0, 0.05) is 17.8 Å². The van der Waals surface area contributed by atoms with Crippen molar-refractivity contribution >= 4 is 17.2 Å². The third kappa shape index (κ3) is 6.02. The molecular formula is C20H28N2O3S. The van der Waals surface area contributed by atoms with Crippen LogP contribution in [0.25, 0.3) is 0 Å². The number of carbonyl (C=O) groups is 1. The van der Waals surface area contributed by atoms with Crippen LogP contribution in [0, 0.1) is 0 Å². The summed E-state index contributed by atoms with van der Waals surface area (Å²) in [5.41, 5.74) is 1.95. The first-order valence-corrected chi connectivity index (χ1v) is 10.0. The predicted octanol–water partition coefficient (Wildman–Crippen LogP) is 3.97. The van der Waals surface area contributed by atoms with E-state index in [0.717, 1.165) is 34.2 Å². The van der Waals surface area contributed by atoms with E-state index in [0.29, 0.717) is 32.1 Å². The number of aromatic nitrogens is 1. The van der Waals surface area contributed by atoms with Gasteiger partial charge in [-0.2, -0.15) is 0 Å². The molecule has 2 rings (SSSR count). The molecule has 5 nitrogen and oxygen atoms in total. The number of nitrogens with one attached hydrogen (secondary N) is 1. The molecule has 1 aromatic carbocycles. The molecule has 0 aliphatic rings.